The predicted molar refractivity (Wildman–Crippen MR) is 99.9 cm³/mol. The van der Waals surface area contributed by atoms with E-state index in [1.807, 2.05) is 17.5 Å². The molecule has 0 aliphatic carbocycles. The fraction of sp³-hybridized carbons (Fsp3) is 0.294. The Morgan fingerprint density at radius 2 is 1.89 bits per heavy atom. The number of benzene rings is 1. The standard InChI is InChI=1S/C17H20N2O6S2/c1-12(19-27(22,23)15-7-5-13(24-2)6-8-15)17(21)25-11-16(20)18-10-14-4-3-9-26-14/h3-9,12,19H,10-11H2,1-2H3,(H,18,20). The van der Waals surface area contributed by atoms with Crippen LogP contribution in [-0.4, -0.2) is 40.1 Å². The topological polar surface area (TPSA) is 111 Å². The van der Waals surface area contributed by atoms with E-state index in [1.165, 1.54) is 49.6 Å². The van der Waals surface area contributed by atoms with E-state index in [2.05, 4.69) is 10.0 Å². The molecule has 1 aromatic heterocycles. The lowest BCUT2D eigenvalue weighted by Crippen LogP contribution is -2.40. The second-order valence-corrected chi connectivity index (χ2v) is 8.23. The third-order valence-electron chi connectivity index (χ3n) is 3.44. The first-order valence-electron chi connectivity index (χ1n) is 7.94. The van der Waals surface area contributed by atoms with Crippen LogP contribution in [0.25, 0.3) is 0 Å². The lowest BCUT2D eigenvalue weighted by molar-refractivity contribution is -0.149. The molecule has 0 spiro atoms. The van der Waals surface area contributed by atoms with Crippen LogP contribution in [0.5, 0.6) is 5.75 Å². The smallest absolute Gasteiger partial charge is 0.324 e. The number of amides is 1. The Kier molecular flexibility index (Phi) is 7.34. The second kappa shape index (κ2) is 9.49. The summed E-state index contributed by atoms with van der Waals surface area (Å²) in [5.41, 5.74) is 0. The van der Waals surface area contributed by atoms with Gasteiger partial charge in [-0.3, -0.25) is 9.59 Å². The van der Waals surface area contributed by atoms with Gasteiger partial charge in [-0.05, 0) is 42.6 Å². The van der Waals surface area contributed by atoms with Crippen LogP contribution in [0.15, 0.2) is 46.7 Å². The fourth-order valence-electron chi connectivity index (χ4n) is 2.02. The van der Waals surface area contributed by atoms with Crippen LogP contribution in [-0.2, 0) is 30.9 Å². The number of hydrogen-bond acceptors (Lipinski definition) is 7. The van der Waals surface area contributed by atoms with Crippen LogP contribution in [0.1, 0.15) is 11.8 Å². The van der Waals surface area contributed by atoms with Gasteiger partial charge in [0, 0.05) is 4.88 Å². The first kappa shape index (κ1) is 20.9. The number of thiophene rings is 1. The number of esters is 1. The molecule has 8 nitrogen and oxygen atoms in total. The van der Waals surface area contributed by atoms with E-state index < -0.39 is 34.5 Å². The molecule has 0 aliphatic rings. The minimum atomic E-state index is -3.91. The number of hydrogen-bond donors (Lipinski definition) is 2. The molecular formula is C17H20N2O6S2. The van der Waals surface area contributed by atoms with Crippen LogP contribution in [0.2, 0.25) is 0 Å². The third kappa shape index (κ3) is 6.35. The summed E-state index contributed by atoms with van der Waals surface area (Å²) in [4.78, 5) is 24.6. The molecule has 2 N–H and O–H groups in total. The van der Waals surface area contributed by atoms with Gasteiger partial charge < -0.3 is 14.8 Å². The number of ether oxygens (including phenoxy) is 2. The van der Waals surface area contributed by atoms with Gasteiger partial charge in [-0.15, -0.1) is 11.3 Å². The quantitative estimate of drug-likeness (QED) is 0.601. The Morgan fingerprint density at radius 1 is 1.19 bits per heavy atom. The zero-order valence-electron chi connectivity index (χ0n) is 14.8. The van der Waals surface area contributed by atoms with E-state index in [-0.39, 0.29) is 4.90 Å². The lowest BCUT2D eigenvalue weighted by atomic mass is 10.3. The molecule has 2 rings (SSSR count). The molecule has 1 amide bonds. The maximum Gasteiger partial charge on any atom is 0.324 e. The Labute approximate surface area is 161 Å². The first-order valence-corrected chi connectivity index (χ1v) is 10.3. The van der Waals surface area contributed by atoms with Crippen molar-refractivity contribution in [1.29, 1.82) is 0 Å². The maximum absolute atomic E-state index is 12.3. The van der Waals surface area contributed by atoms with Gasteiger partial charge >= 0.3 is 5.97 Å². The molecule has 0 bridgehead atoms. The van der Waals surface area contributed by atoms with Gasteiger partial charge in [0.25, 0.3) is 5.91 Å². The van der Waals surface area contributed by atoms with Gasteiger partial charge in [0.1, 0.15) is 11.8 Å². The zero-order valence-corrected chi connectivity index (χ0v) is 16.4. The van der Waals surface area contributed by atoms with E-state index >= 15 is 0 Å². The van der Waals surface area contributed by atoms with Gasteiger partial charge in [-0.25, -0.2) is 8.42 Å². The average molecular weight is 412 g/mol. The highest BCUT2D eigenvalue weighted by Gasteiger charge is 2.23. The van der Waals surface area contributed by atoms with Crippen LogP contribution in [0, 0.1) is 0 Å². The lowest BCUT2D eigenvalue weighted by Gasteiger charge is -2.14. The number of carbonyl (C=O) groups excluding carboxylic acids is 2. The van der Waals surface area contributed by atoms with E-state index in [9.17, 15) is 18.0 Å². The summed E-state index contributed by atoms with van der Waals surface area (Å²) in [6, 6.07) is 8.29. The Bertz CT molecular complexity index is 863. The second-order valence-electron chi connectivity index (χ2n) is 5.48. The van der Waals surface area contributed by atoms with Gasteiger partial charge in [0.05, 0.1) is 18.6 Å². The molecule has 2 aromatic rings. The van der Waals surface area contributed by atoms with Crippen molar-refractivity contribution in [2.45, 2.75) is 24.4 Å². The molecule has 27 heavy (non-hydrogen) atoms. The van der Waals surface area contributed by atoms with E-state index in [1.54, 1.807) is 0 Å². The Hall–Kier alpha value is -2.43. The monoisotopic (exact) mass is 412 g/mol. The van der Waals surface area contributed by atoms with E-state index in [4.69, 9.17) is 9.47 Å². The molecule has 0 saturated heterocycles. The molecule has 1 atom stereocenters. The molecule has 0 fully saturated rings. The van der Waals surface area contributed by atoms with Gasteiger partial charge in [-0.2, -0.15) is 4.72 Å². The Morgan fingerprint density at radius 3 is 2.48 bits per heavy atom. The first-order chi connectivity index (χ1) is 12.8. The normalized spacial score (nSPS) is 12.2. The van der Waals surface area contributed by atoms with Crippen molar-refractivity contribution in [2.75, 3.05) is 13.7 Å². The summed E-state index contributed by atoms with van der Waals surface area (Å²) >= 11 is 1.49. The minimum absolute atomic E-state index is 0.0170. The summed E-state index contributed by atoms with van der Waals surface area (Å²) in [5, 5.41) is 4.50. The molecule has 10 heteroatoms. The summed E-state index contributed by atoms with van der Waals surface area (Å²) in [5.74, 6) is -0.810. The molecule has 1 aromatic carbocycles. The molecule has 0 radical (unpaired) electrons. The Balaban J connectivity index is 1.82. The van der Waals surface area contributed by atoms with Crippen LogP contribution >= 0.6 is 11.3 Å². The number of methoxy groups -OCH3 is 1. The molecule has 146 valence electrons. The van der Waals surface area contributed by atoms with Crippen molar-refractivity contribution < 1.29 is 27.5 Å². The molecule has 1 heterocycles. The highest BCUT2D eigenvalue weighted by Crippen LogP contribution is 2.15. The fourth-order valence-corrected chi connectivity index (χ4v) is 3.85. The van der Waals surface area contributed by atoms with E-state index in [0.717, 1.165) is 4.88 Å². The number of carbonyl (C=O) groups is 2. The molecule has 0 saturated carbocycles. The summed E-state index contributed by atoms with van der Waals surface area (Å²) in [7, 11) is -2.44. The van der Waals surface area contributed by atoms with Crippen LogP contribution < -0.4 is 14.8 Å². The van der Waals surface area contributed by atoms with Gasteiger partial charge in [0.15, 0.2) is 6.61 Å². The summed E-state index contributed by atoms with van der Waals surface area (Å²) in [6.45, 7) is 1.19. The van der Waals surface area contributed by atoms with Crippen molar-refractivity contribution in [1.82, 2.24) is 10.0 Å². The summed E-state index contributed by atoms with van der Waals surface area (Å²) < 4.78 is 36.6. The van der Waals surface area contributed by atoms with Crippen LogP contribution in [0.3, 0.4) is 0 Å². The zero-order chi connectivity index (χ0) is 19.9. The van der Waals surface area contributed by atoms with E-state index in [0.29, 0.717) is 12.3 Å². The third-order valence-corrected chi connectivity index (χ3v) is 5.87. The molecule has 0 aliphatic heterocycles. The summed E-state index contributed by atoms with van der Waals surface area (Å²) in [6.07, 6.45) is 0. The van der Waals surface area contributed by atoms with Crippen molar-refractivity contribution in [3.63, 3.8) is 0 Å². The highest BCUT2D eigenvalue weighted by molar-refractivity contribution is 7.89. The minimum Gasteiger partial charge on any atom is -0.497 e. The largest absolute Gasteiger partial charge is 0.497 e. The molecule has 1 unspecified atom stereocenters. The van der Waals surface area contributed by atoms with Crippen molar-refractivity contribution in [2.24, 2.45) is 0 Å². The number of nitrogens with one attached hydrogen (secondary N) is 2. The van der Waals surface area contributed by atoms with Crippen molar-refractivity contribution >= 4 is 33.2 Å². The predicted octanol–water partition coefficient (Wildman–Crippen LogP) is 1.28. The van der Waals surface area contributed by atoms with Gasteiger partial charge in [0.2, 0.25) is 10.0 Å². The number of sulfonamides is 1. The van der Waals surface area contributed by atoms with Crippen molar-refractivity contribution in [3.8, 4) is 5.75 Å². The van der Waals surface area contributed by atoms with Crippen molar-refractivity contribution in [3.05, 3.63) is 46.7 Å². The average Bonchev–Trinajstić information content (AvgIpc) is 3.17. The van der Waals surface area contributed by atoms with Gasteiger partial charge in [-0.1, -0.05) is 6.07 Å². The molecular weight excluding hydrogens is 392 g/mol. The highest BCUT2D eigenvalue weighted by atomic mass is 32.2. The maximum atomic E-state index is 12.3. The number of rotatable bonds is 9. The SMILES string of the molecule is COc1ccc(S(=O)(=O)NC(C)C(=O)OCC(=O)NCc2cccs2)cc1. The van der Waals surface area contributed by atoms with Crippen LogP contribution in [0.4, 0.5) is 0 Å².